The van der Waals surface area contributed by atoms with E-state index in [1.54, 1.807) is 6.20 Å². The van der Waals surface area contributed by atoms with Gasteiger partial charge < -0.3 is 11.1 Å². The third-order valence-electron chi connectivity index (χ3n) is 3.94. The first kappa shape index (κ1) is 14.9. The molecule has 5 heteroatoms. The molecular weight excluding hydrogens is 270 g/mol. The lowest BCUT2D eigenvalue weighted by Crippen LogP contribution is -2.49. The van der Waals surface area contributed by atoms with Gasteiger partial charge in [0.25, 0.3) is 5.91 Å². The Kier molecular flexibility index (Phi) is 5.06. The SMILES string of the molecule is Cc1cccnc1C(=O)NC(C(N)=S)C1CCCCC1. The van der Waals surface area contributed by atoms with Gasteiger partial charge in [0.2, 0.25) is 0 Å². The van der Waals surface area contributed by atoms with Crippen LogP contribution in [-0.2, 0) is 0 Å². The Hall–Kier alpha value is -1.49. The Morgan fingerprint density at radius 1 is 1.45 bits per heavy atom. The number of amides is 1. The highest BCUT2D eigenvalue weighted by Crippen LogP contribution is 2.26. The number of pyridine rings is 1. The number of nitrogens with two attached hydrogens (primary N) is 1. The summed E-state index contributed by atoms with van der Waals surface area (Å²) in [6.07, 6.45) is 7.39. The van der Waals surface area contributed by atoms with Crippen LogP contribution in [0.25, 0.3) is 0 Å². The molecule has 1 aliphatic rings. The Morgan fingerprint density at radius 2 is 2.15 bits per heavy atom. The quantitative estimate of drug-likeness (QED) is 0.836. The zero-order valence-electron chi connectivity index (χ0n) is 11.8. The zero-order chi connectivity index (χ0) is 14.5. The van der Waals surface area contributed by atoms with Gasteiger partial charge in [0.15, 0.2) is 0 Å². The summed E-state index contributed by atoms with van der Waals surface area (Å²) in [6.45, 7) is 1.87. The van der Waals surface area contributed by atoms with Crippen LogP contribution < -0.4 is 11.1 Å². The average molecular weight is 291 g/mol. The number of rotatable bonds is 4. The van der Waals surface area contributed by atoms with Crippen molar-refractivity contribution < 1.29 is 4.79 Å². The monoisotopic (exact) mass is 291 g/mol. The van der Waals surface area contributed by atoms with Crippen molar-refractivity contribution in [1.82, 2.24) is 10.3 Å². The van der Waals surface area contributed by atoms with Gasteiger partial charge in [0, 0.05) is 6.20 Å². The second kappa shape index (κ2) is 6.79. The standard InChI is InChI=1S/C15H21N3OS/c1-10-6-5-9-17-12(10)15(19)18-13(14(16)20)11-7-3-2-4-8-11/h5-6,9,11,13H,2-4,7-8H2,1H3,(H2,16,20)(H,18,19). The zero-order valence-corrected chi connectivity index (χ0v) is 12.6. The summed E-state index contributed by atoms with van der Waals surface area (Å²) in [5.41, 5.74) is 7.13. The molecule has 1 atom stereocenters. The number of aromatic nitrogens is 1. The molecule has 0 aromatic carbocycles. The van der Waals surface area contributed by atoms with Gasteiger partial charge >= 0.3 is 0 Å². The highest BCUT2D eigenvalue weighted by molar-refractivity contribution is 7.80. The third-order valence-corrected chi connectivity index (χ3v) is 4.19. The summed E-state index contributed by atoms with van der Waals surface area (Å²) in [5.74, 6) is 0.167. The van der Waals surface area contributed by atoms with Gasteiger partial charge in [0.05, 0.1) is 11.0 Å². The van der Waals surface area contributed by atoms with E-state index in [9.17, 15) is 4.79 Å². The maximum Gasteiger partial charge on any atom is 0.270 e. The van der Waals surface area contributed by atoms with E-state index >= 15 is 0 Å². The molecule has 1 fully saturated rings. The van der Waals surface area contributed by atoms with Gasteiger partial charge in [-0.05, 0) is 37.3 Å². The van der Waals surface area contributed by atoms with Gasteiger partial charge in [-0.15, -0.1) is 0 Å². The van der Waals surface area contributed by atoms with Crippen molar-refractivity contribution in [1.29, 1.82) is 0 Å². The topological polar surface area (TPSA) is 68.0 Å². The number of hydrogen-bond donors (Lipinski definition) is 2. The number of nitrogens with zero attached hydrogens (tertiary/aromatic N) is 1. The molecule has 0 saturated heterocycles. The van der Waals surface area contributed by atoms with Gasteiger partial charge in [-0.25, -0.2) is 0 Å². The van der Waals surface area contributed by atoms with Crippen molar-refractivity contribution >= 4 is 23.1 Å². The van der Waals surface area contributed by atoms with Crippen LogP contribution in [0.3, 0.4) is 0 Å². The Labute approximate surface area is 125 Å². The molecule has 20 heavy (non-hydrogen) atoms. The van der Waals surface area contributed by atoms with E-state index in [1.807, 2.05) is 19.1 Å². The van der Waals surface area contributed by atoms with Gasteiger partial charge in [-0.3, -0.25) is 9.78 Å². The summed E-state index contributed by atoms with van der Waals surface area (Å²) >= 11 is 5.14. The summed E-state index contributed by atoms with van der Waals surface area (Å²) in [7, 11) is 0. The van der Waals surface area contributed by atoms with E-state index in [-0.39, 0.29) is 11.9 Å². The van der Waals surface area contributed by atoms with Crippen molar-refractivity contribution in [3.05, 3.63) is 29.6 Å². The fourth-order valence-corrected chi connectivity index (χ4v) is 3.07. The molecule has 4 nitrogen and oxygen atoms in total. The second-order valence-electron chi connectivity index (χ2n) is 5.42. The smallest absolute Gasteiger partial charge is 0.270 e. The predicted octanol–water partition coefficient (Wildman–Crippen LogP) is 2.35. The molecule has 1 aliphatic carbocycles. The molecule has 0 aliphatic heterocycles. The second-order valence-corrected chi connectivity index (χ2v) is 5.89. The molecule has 1 heterocycles. The third kappa shape index (κ3) is 3.54. The number of carbonyl (C=O) groups excluding carboxylic acids is 1. The van der Waals surface area contributed by atoms with E-state index in [4.69, 9.17) is 18.0 Å². The molecule has 0 radical (unpaired) electrons. The molecular formula is C15H21N3OS. The van der Waals surface area contributed by atoms with E-state index < -0.39 is 0 Å². The molecule has 1 aromatic heterocycles. The summed E-state index contributed by atoms with van der Waals surface area (Å²) in [6, 6.07) is 3.47. The minimum absolute atomic E-state index is 0.188. The van der Waals surface area contributed by atoms with Crippen LogP contribution in [0.2, 0.25) is 0 Å². The lowest BCUT2D eigenvalue weighted by molar-refractivity contribution is 0.0926. The van der Waals surface area contributed by atoms with Crippen LogP contribution in [-0.4, -0.2) is 21.9 Å². The first-order valence-corrected chi connectivity index (χ1v) is 7.52. The summed E-state index contributed by atoms with van der Waals surface area (Å²) in [5, 5.41) is 2.98. The van der Waals surface area contributed by atoms with E-state index in [0.29, 0.717) is 16.6 Å². The number of nitrogens with one attached hydrogen (secondary N) is 1. The van der Waals surface area contributed by atoms with Gasteiger partial charge in [0.1, 0.15) is 5.69 Å². The lowest BCUT2D eigenvalue weighted by Gasteiger charge is -2.30. The van der Waals surface area contributed by atoms with Crippen LogP contribution in [0.1, 0.15) is 48.2 Å². The molecule has 0 bridgehead atoms. The molecule has 108 valence electrons. The Bertz CT molecular complexity index is 498. The summed E-state index contributed by atoms with van der Waals surface area (Å²) < 4.78 is 0. The van der Waals surface area contributed by atoms with Crippen molar-refractivity contribution in [2.75, 3.05) is 0 Å². The number of thiocarbonyl (C=S) groups is 1. The highest BCUT2D eigenvalue weighted by atomic mass is 32.1. The molecule has 1 unspecified atom stereocenters. The molecule has 0 spiro atoms. The highest BCUT2D eigenvalue weighted by Gasteiger charge is 2.28. The van der Waals surface area contributed by atoms with E-state index in [0.717, 1.165) is 18.4 Å². The van der Waals surface area contributed by atoms with Crippen molar-refractivity contribution in [3.63, 3.8) is 0 Å². The lowest BCUT2D eigenvalue weighted by atomic mass is 9.83. The predicted molar refractivity (Wildman–Crippen MR) is 83.6 cm³/mol. The molecule has 1 aromatic rings. The number of hydrogen-bond acceptors (Lipinski definition) is 3. The Morgan fingerprint density at radius 3 is 2.75 bits per heavy atom. The minimum Gasteiger partial charge on any atom is -0.392 e. The van der Waals surface area contributed by atoms with Crippen LogP contribution in [0.4, 0.5) is 0 Å². The Balaban J connectivity index is 2.10. The largest absolute Gasteiger partial charge is 0.392 e. The number of carbonyl (C=O) groups is 1. The first-order chi connectivity index (χ1) is 9.59. The van der Waals surface area contributed by atoms with Crippen molar-refractivity contribution in [2.45, 2.75) is 45.1 Å². The normalized spacial score (nSPS) is 17.4. The molecule has 3 N–H and O–H groups in total. The van der Waals surface area contributed by atoms with E-state index in [2.05, 4.69) is 10.3 Å². The summed E-state index contributed by atoms with van der Waals surface area (Å²) in [4.78, 5) is 16.8. The molecule has 2 rings (SSSR count). The van der Waals surface area contributed by atoms with E-state index in [1.165, 1.54) is 19.3 Å². The van der Waals surface area contributed by atoms with Gasteiger partial charge in [-0.1, -0.05) is 37.5 Å². The maximum absolute atomic E-state index is 12.3. The first-order valence-electron chi connectivity index (χ1n) is 7.11. The van der Waals surface area contributed by atoms with Crippen LogP contribution in [0.5, 0.6) is 0 Å². The number of aryl methyl sites for hydroxylation is 1. The van der Waals surface area contributed by atoms with Crippen LogP contribution in [0, 0.1) is 12.8 Å². The average Bonchev–Trinajstić information content (AvgIpc) is 2.45. The molecule has 1 amide bonds. The van der Waals surface area contributed by atoms with Crippen LogP contribution >= 0.6 is 12.2 Å². The molecule has 1 saturated carbocycles. The van der Waals surface area contributed by atoms with Crippen molar-refractivity contribution in [3.8, 4) is 0 Å². The van der Waals surface area contributed by atoms with Gasteiger partial charge in [-0.2, -0.15) is 0 Å². The van der Waals surface area contributed by atoms with Crippen molar-refractivity contribution in [2.24, 2.45) is 11.7 Å². The maximum atomic E-state index is 12.3. The fourth-order valence-electron chi connectivity index (χ4n) is 2.82. The fraction of sp³-hybridized carbons (Fsp3) is 0.533. The van der Waals surface area contributed by atoms with Crippen LogP contribution in [0.15, 0.2) is 18.3 Å². The minimum atomic E-state index is -0.223.